The van der Waals surface area contributed by atoms with Gasteiger partial charge in [0.1, 0.15) is 11.3 Å². The quantitative estimate of drug-likeness (QED) is 0.761. The number of aryl methyl sites for hydroxylation is 1. The number of hydrogen-bond donors (Lipinski definition) is 1. The summed E-state index contributed by atoms with van der Waals surface area (Å²) in [5.41, 5.74) is 1.75. The molecule has 2 heteroatoms. The lowest BCUT2D eigenvalue weighted by molar-refractivity contribution is 0.447. The van der Waals surface area contributed by atoms with Gasteiger partial charge < -0.3 is 5.11 Å². The third kappa shape index (κ3) is 3.72. The van der Waals surface area contributed by atoms with E-state index in [9.17, 15) is 5.11 Å². The van der Waals surface area contributed by atoms with E-state index in [0.717, 1.165) is 35.2 Å². The molecule has 2 rings (SSSR count). The van der Waals surface area contributed by atoms with Gasteiger partial charge in [0, 0.05) is 11.6 Å². The Balaban J connectivity index is 1.95. The Morgan fingerprint density at radius 2 is 1.95 bits per heavy atom. The SMILES string of the molecule is CCCCC(C)CCCc1ccc2cccnc2c1O. The first kappa shape index (κ1) is 14.8. The van der Waals surface area contributed by atoms with E-state index < -0.39 is 0 Å². The van der Waals surface area contributed by atoms with Crippen molar-refractivity contribution in [2.45, 2.75) is 52.4 Å². The zero-order valence-electron chi connectivity index (χ0n) is 12.6. The average Bonchev–Trinajstić information content (AvgIpc) is 2.48. The van der Waals surface area contributed by atoms with Crippen molar-refractivity contribution in [1.29, 1.82) is 0 Å². The normalized spacial score (nSPS) is 12.7. The molecule has 0 saturated heterocycles. The van der Waals surface area contributed by atoms with Crippen LogP contribution in [0.1, 0.15) is 51.5 Å². The standard InChI is InChI=1S/C18H25NO/c1-3-4-7-14(2)8-5-9-16-12-11-15-10-6-13-19-17(15)18(16)20/h6,10-14,20H,3-5,7-9H2,1-2H3. The van der Waals surface area contributed by atoms with Crippen LogP contribution in [0.5, 0.6) is 5.75 Å². The van der Waals surface area contributed by atoms with E-state index in [0.29, 0.717) is 5.75 Å². The van der Waals surface area contributed by atoms with Gasteiger partial charge in [0.05, 0.1) is 0 Å². The van der Waals surface area contributed by atoms with Crippen molar-refractivity contribution < 1.29 is 5.11 Å². The first-order valence-corrected chi connectivity index (χ1v) is 7.78. The molecule has 0 aliphatic carbocycles. The minimum absolute atomic E-state index is 0.365. The second-order valence-electron chi connectivity index (χ2n) is 5.79. The van der Waals surface area contributed by atoms with Crippen LogP contribution in [0, 0.1) is 5.92 Å². The molecule has 0 fully saturated rings. The zero-order valence-corrected chi connectivity index (χ0v) is 12.6. The van der Waals surface area contributed by atoms with Crippen LogP contribution in [0.2, 0.25) is 0 Å². The second-order valence-corrected chi connectivity index (χ2v) is 5.79. The number of unbranched alkanes of at least 4 members (excludes halogenated alkanes) is 1. The van der Waals surface area contributed by atoms with E-state index in [1.807, 2.05) is 18.2 Å². The summed E-state index contributed by atoms with van der Waals surface area (Å²) < 4.78 is 0. The van der Waals surface area contributed by atoms with Crippen LogP contribution < -0.4 is 0 Å². The van der Waals surface area contributed by atoms with Crippen molar-refractivity contribution in [1.82, 2.24) is 4.98 Å². The Labute approximate surface area is 121 Å². The molecule has 1 N–H and O–H groups in total. The average molecular weight is 271 g/mol. The molecule has 1 heterocycles. The fourth-order valence-electron chi connectivity index (χ4n) is 2.71. The summed E-state index contributed by atoms with van der Waals surface area (Å²) in [6, 6.07) is 7.98. The lowest BCUT2D eigenvalue weighted by atomic mass is 9.96. The van der Waals surface area contributed by atoms with Crippen LogP contribution in [0.15, 0.2) is 30.5 Å². The van der Waals surface area contributed by atoms with E-state index in [4.69, 9.17) is 0 Å². The third-order valence-corrected chi connectivity index (χ3v) is 4.02. The number of hydrogen-bond acceptors (Lipinski definition) is 2. The molecule has 2 nitrogen and oxygen atoms in total. The summed E-state index contributed by atoms with van der Waals surface area (Å²) in [6.07, 6.45) is 8.97. The molecule has 0 saturated carbocycles. The second kappa shape index (κ2) is 7.28. The summed E-state index contributed by atoms with van der Waals surface area (Å²) >= 11 is 0. The van der Waals surface area contributed by atoms with Crippen LogP contribution in [0.3, 0.4) is 0 Å². The maximum Gasteiger partial charge on any atom is 0.144 e. The van der Waals surface area contributed by atoms with Crippen molar-refractivity contribution in [2.24, 2.45) is 5.92 Å². The van der Waals surface area contributed by atoms with Crippen LogP contribution in [-0.2, 0) is 6.42 Å². The molecular weight excluding hydrogens is 246 g/mol. The van der Waals surface area contributed by atoms with Gasteiger partial charge >= 0.3 is 0 Å². The first-order valence-electron chi connectivity index (χ1n) is 7.78. The predicted octanol–water partition coefficient (Wildman–Crippen LogP) is 5.09. The fourth-order valence-corrected chi connectivity index (χ4v) is 2.71. The molecule has 1 aromatic carbocycles. The lowest BCUT2D eigenvalue weighted by Crippen LogP contribution is -1.96. The third-order valence-electron chi connectivity index (χ3n) is 4.02. The molecule has 108 valence electrons. The lowest BCUT2D eigenvalue weighted by Gasteiger charge is -2.11. The molecule has 1 atom stereocenters. The number of aromatic hydroxyl groups is 1. The van der Waals surface area contributed by atoms with Gasteiger partial charge in [-0.1, -0.05) is 57.7 Å². The molecule has 0 spiro atoms. The van der Waals surface area contributed by atoms with Gasteiger partial charge in [0.2, 0.25) is 0 Å². The van der Waals surface area contributed by atoms with Crippen molar-refractivity contribution in [2.75, 3.05) is 0 Å². The molecule has 1 aromatic heterocycles. The van der Waals surface area contributed by atoms with Gasteiger partial charge in [-0.3, -0.25) is 4.98 Å². The molecule has 1 unspecified atom stereocenters. The van der Waals surface area contributed by atoms with Gasteiger partial charge in [0.25, 0.3) is 0 Å². The Bertz CT molecular complexity index is 550. The largest absolute Gasteiger partial charge is 0.505 e. The zero-order chi connectivity index (χ0) is 14.4. The first-order chi connectivity index (χ1) is 9.72. The Morgan fingerprint density at radius 1 is 1.15 bits per heavy atom. The van der Waals surface area contributed by atoms with Crippen LogP contribution in [0.25, 0.3) is 10.9 Å². The molecule has 0 aliphatic rings. The van der Waals surface area contributed by atoms with Gasteiger partial charge in [0.15, 0.2) is 0 Å². The van der Waals surface area contributed by atoms with E-state index in [2.05, 4.69) is 24.9 Å². The van der Waals surface area contributed by atoms with E-state index in [-0.39, 0.29) is 0 Å². The van der Waals surface area contributed by atoms with E-state index in [1.54, 1.807) is 6.20 Å². The maximum absolute atomic E-state index is 10.3. The number of nitrogens with zero attached hydrogens (tertiary/aromatic N) is 1. The van der Waals surface area contributed by atoms with Gasteiger partial charge in [-0.15, -0.1) is 0 Å². The summed E-state index contributed by atoms with van der Waals surface area (Å²) in [6.45, 7) is 4.57. The molecule has 20 heavy (non-hydrogen) atoms. The van der Waals surface area contributed by atoms with Crippen LogP contribution >= 0.6 is 0 Å². The highest BCUT2D eigenvalue weighted by molar-refractivity contribution is 5.85. The van der Waals surface area contributed by atoms with Crippen molar-refractivity contribution >= 4 is 10.9 Å². The predicted molar refractivity (Wildman–Crippen MR) is 85.0 cm³/mol. The van der Waals surface area contributed by atoms with Gasteiger partial charge in [-0.2, -0.15) is 0 Å². The number of fused-ring (bicyclic) bond motifs is 1. The number of aromatic nitrogens is 1. The number of phenols is 1. The topological polar surface area (TPSA) is 33.1 Å². The molecule has 0 radical (unpaired) electrons. The molecule has 0 bridgehead atoms. The number of rotatable bonds is 7. The molecule has 0 amide bonds. The number of pyridine rings is 1. The number of phenolic OH excluding ortho intramolecular Hbond substituents is 1. The van der Waals surface area contributed by atoms with Crippen LogP contribution in [0.4, 0.5) is 0 Å². The van der Waals surface area contributed by atoms with Crippen molar-refractivity contribution in [3.8, 4) is 5.75 Å². The molecular formula is C18H25NO. The molecule has 2 aromatic rings. The fraction of sp³-hybridized carbons (Fsp3) is 0.500. The highest BCUT2D eigenvalue weighted by Crippen LogP contribution is 2.28. The maximum atomic E-state index is 10.3. The summed E-state index contributed by atoms with van der Waals surface area (Å²) in [5, 5.41) is 11.3. The van der Waals surface area contributed by atoms with E-state index in [1.165, 1.54) is 25.7 Å². The van der Waals surface area contributed by atoms with Crippen molar-refractivity contribution in [3.05, 3.63) is 36.0 Å². The minimum atomic E-state index is 0.365. The smallest absolute Gasteiger partial charge is 0.144 e. The monoisotopic (exact) mass is 271 g/mol. The Hall–Kier alpha value is -1.57. The highest BCUT2D eigenvalue weighted by Gasteiger charge is 2.08. The Morgan fingerprint density at radius 3 is 2.75 bits per heavy atom. The summed E-state index contributed by atoms with van der Waals surface area (Å²) in [5.74, 6) is 1.15. The number of benzene rings is 1. The molecule has 0 aliphatic heterocycles. The Kier molecular flexibility index (Phi) is 5.40. The summed E-state index contributed by atoms with van der Waals surface area (Å²) in [7, 11) is 0. The van der Waals surface area contributed by atoms with Gasteiger partial charge in [-0.25, -0.2) is 0 Å². The minimum Gasteiger partial charge on any atom is -0.505 e. The highest BCUT2D eigenvalue weighted by atomic mass is 16.3. The van der Waals surface area contributed by atoms with Crippen molar-refractivity contribution in [3.63, 3.8) is 0 Å². The van der Waals surface area contributed by atoms with E-state index >= 15 is 0 Å². The van der Waals surface area contributed by atoms with Gasteiger partial charge in [-0.05, 0) is 30.4 Å². The summed E-state index contributed by atoms with van der Waals surface area (Å²) in [4.78, 5) is 4.28. The van der Waals surface area contributed by atoms with Crippen LogP contribution in [-0.4, -0.2) is 10.1 Å².